The summed E-state index contributed by atoms with van der Waals surface area (Å²) < 4.78 is 5.59. The lowest BCUT2D eigenvalue weighted by molar-refractivity contribution is -0.127. The van der Waals surface area contributed by atoms with Crippen molar-refractivity contribution in [3.63, 3.8) is 0 Å². The molecule has 0 heterocycles. The van der Waals surface area contributed by atoms with Gasteiger partial charge in [-0.3, -0.25) is 15.6 Å². The first-order valence-corrected chi connectivity index (χ1v) is 7.45. The van der Waals surface area contributed by atoms with Crippen LogP contribution in [0.4, 0.5) is 0 Å². The van der Waals surface area contributed by atoms with Crippen LogP contribution >= 0.6 is 12.2 Å². The van der Waals surface area contributed by atoms with E-state index in [1.54, 1.807) is 6.92 Å². The third-order valence-electron chi connectivity index (χ3n) is 2.87. The lowest BCUT2D eigenvalue weighted by Crippen LogP contribution is -2.50. The van der Waals surface area contributed by atoms with Gasteiger partial charge in [0.1, 0.15) is 5.75 Å². The Balaban J connectivity index is 2.46. The first-order chi connectivity index (χ1) is 9.93. The summed E-state index contributed by atoms with van der Waals surface area (Å²) >= 11 is 4.95. The van der Waals surface area contributed by atoms with Crippen LogP contribution in [0.1, 0.15) is 39.2 Å². The molecule has 21 heavy (non-hydrogen) atoms. The van der Waals surface area contributed by atoms with Gasteiger partial charge in [0.15, 0.2) is 11.2 Å². The normalized spacial score (nSPS) is 11.7. The number of carbonyl (C=O) groups is 1. The average molecular weight is 309 g/mol. The lowest BCUT2D eigenvalue weighted by atomic mass is 10.0. The number of amides is 1. The maximum absolute atomic E-state index is 11.8. The molecule has 0 fully saturated rings. The van der Waals surface area contributed by atoms with E-state index in [4.69, 9.17) is 17.0 Å². The van der Waals surface area contributed by atoms with Crippen LogP contribution in [0.15, 0.2) is 24.3 Å². The van der Waals surface area contributed by atoms with Gasteiger partial charge in [0.05, 0.1) is 0 Å². The molecular formula is C15H23N3O2S. The highest BCUT2D eigenvalue weighted by Gasteiger charge is 2.14. The Labute approximate surface area is 131 Å². The lowest BCUT2D eigenvalue weighted by Gasteiger charge is -2.16. The van der Waals surface area contributed by atoms with Crippen LogP contribution in [0.2, 0.25) is 0 Å². The van der Waals surface area contributed by atoms with Gasteiger partial charge in [-0.05, 0) is 49.7 Å². The summed E-state index contributed by atoms with van der Waals surface area (Å²) in [4.78, 5) is 11.8. The average Bonchev–Trinajstić information content (AvgIpc) is 2.45. The van der Waals surface area contributed by atoms with Crippen LogP contribution in [0, 0.1) is 0 Å². The third kappa shape index (κ3) is 5.99. The van der Waals surface area contributed by atoms with Crippen molar-refractivity contribution < 1.29 is 9.53 Å². The van der Waals surface area contributed by atoms with Crippen molar-refractivity contribution in [2.75, 3.05) is 6.54 Å². The molecule has 1 atom stereocenters. The van der Waals surface area contributed by atoms with E-state index >= 15 is 0 Å². The van der Waals surface area contributed by atoms with Gasteiger partial charge in [-0.1, -0.05) is 26.0 Å². The molecule has 1 amide bonds. The van der Waals surface area contributed by atoms with Crippen LogP contribution < -0.4 is 20.9 Å². The second kappa shape index (κ2) is 8.46. The third-order valence-corrected chi connectivity index (χ3v) is 3.11. The number of rotatable bonds is 5. The number of nitrogens with one attached hydrogen (secondary N) is 3. The molecule has 0 unspecified atom stereocenters. The Morgan fingerprint density at radius 2 is 1.81 bits per heavy atom. The van der Waals surface area contributed by atoms with Gasteiger partial charge < -0.3 is 10.1 Å². The van der Waals surface area contributed by atoms with Crippen molar-refractivity contribution in [2.45, 2.75) is 39.7 Å². The van der Waals surface area contributed by atoms with E-state index < -0.39 is 6.10 Å². The van der Waals surface area contributed by atoms with Gasteiger partial charge in [-0.25, -0.2) is 0 Å². The van der Waals surface area contributed by atoms with Crippen LogP contribution in [0.3, 0.4) is 0 Å². The topological polar surface area (TPSA) is 62.4 Å². The highest BCUT2D eigenvalue weighted by molar-refractivity contribution is 7.80. The SMILES string of the molecule is CCNC(=S)NNC(=O)[C@@H](C)Oc1ccc(C(C)C)cc1. The Morgan fingerprint density at radius 1 is 1.19 bits per heavy atom. The summed E-state index contributed by atoms with van der Waals surface area (Å²) in [7, 11) is 0. The molecule has 0 aliphatic heterocycles. The maximum Gasteiger partial charge on any atom is 0.279 e. The summed E-state index contributed by atoms with van der Waals surface area (Å²) in [6, 6.07) is 7.75. The zero-order valence-corrected chi connectivity index (χ0v) is 13.7. The fourth-order valence-electron chi connectivity index (χ4n) is 1.61. The highest BCUT2D eigenvalue weighted by atomic mass is 32.1. The van der Waals surface area contributed by atoms with E-state index in [9.17, 15) is 4.79 Å². The minimum Gasteiger partial charge on any atom is -0.481 e. The first kappa shape index (κ1) is 17.2. The quantitative estimate of drug-likeness (QED) is 0.574. The number of benzene rings is 1. The number of hydrogen-bond donors (Lipinski definition) is 3. The standard InChI is InChI=1S/C15H23N3O2S/c1-5-16-15(21)18-17-14(19)11(4)20-13-8-6-12(7-9-13)10(2)3/h6-11H,5H2,1-4H3,(H,17,19)(H2,16,18,21)/t11-/m1/s1. The molecule has 3 N–H and O–H groups in total. The van der Waals surface area contributed by atoms with E-state index in [0.29, 0.717) is 23.3 Å². The Morgan fingerprint density at radius 3 is 2.33 bits per heavy atom. The van der Waals surface area contributed by atoms with Gasteiger partial charge in [0, 0.05) is 6.54 Å². The summed E-state index contributed by atoms with van der Waals surface area (Å²) in [5, 5.41) is 3.25. The minimum absolute atomic E-state index is 0.289. The summed E-state index contributed by atoms with van der Waals surface area (Å²) in [5.74, 6) is 0.843. The number of hydrazine groups is 1. The van der Waals surface area contributed by atoms with E-state index in [2.05, 4.69) is 30.0 Å². The maximum atomic E-state index is 11.8. The fraction of sp³-hybridized carbons (Fsp3) is 0.467. The van der Waals surface area contributed by atoms with Gasteiger partial charge in [-0.15, -0.1) is 0 Å². The molecular weight excluding hydrogens is 286 g/mol. The summed E-state index contributed by atoms with van der Waals surface area (Å²) in [6.45, 7) is 8.55. The van der Waals surface area contributed by atoms with Crippen LogP contribution in [-0.4, -0.2) is 23.7 Å². The Kier molecular flexibility index (Phi) is 6.94. The molecule has 1 aromatic carbocycles. The molecule has 5 nitrogen and oxygen atoms in total. The molecule has 0 saturated heterocycles. The van der Waals surface area contributed by atoms with Crippen LogP contribution in [-0.2, 0) is 4.79 Å². The van der Waals surface area contributed by atoms with Crippen molar-refractivity contribution in [2.24, 2.45) is 0 Å². The van der Waals surface area contributed by atoms with Crippen LogP contribution in [0.5, 0.6) is 5.75 Å². The van der Waals surface area contributed by atoms with E-state index in [-0.39, 0.29) is 5.91 Å². The zero-order chi connectivity index (χ0) is 15.8. The molecule has 1 rings (SSSR count). The highest BCUT2D eigenvalue weighted by Crippen LogP contribution is 2.19. The molecule has 0 aliphatic carbocycles. The molecule has 0 saturated carbocycles. The van der Waals surface area contributed by atoms with E-state index in [1.165, 1.54) is 5.56 Å². The number of hydrogen-bond acceptors (Lipinski definition) is 3. The minimum atomic E-state index is -0.619. The van der Waals surface area contributed by atoms with E-state index in [1.807, 2.05) is 31.2 Å². The van der Waals surface area contributed by atoms with Crippen molar-refractivity contribution in [3.8, 4) is 5.75 Å². The van der Waals surface area contributed by atoms with Crippen LogP contribution in [0.25, 0.3) is 0 Å². The van der Waals surface area contributed by atoms with Crippen molar-refractivity contribution in [3.05, 3.63) is 29.8 Å². The van der Waals surface area contributed by atoms with Gasteiger partial charge in [-0.2, -0.15) is 0 Å². The molecule has 0 radical (unpaired) electrons. The number of thiocarbonyl (C=S) groups is 1. The predicted molar refractivity (Wildman–Crippen MR) is 88.2 cm³/mol. The van der Waals surface area contributed by atoms with Gasteiger partial charge in [0.25, 0.3) is 5.91 Å². The van der Waals surface area contributed by atoms with Crippen molar-refractivity contribution in [1.29, 1.82) is 0 Å². The molecule has 0 bridgehead atoms. The predicted octanol–water partition coefficient (Wildman–Crippen LogP) is 2.09. The second-order valence-electron chi connectivity index (χ2n) is 4.96. The van der Waals surface area contributed by atoms with E-state index in [0.717, 1.165) is 0 Å². The van der Waals surface area contributed by atoms with Gasteiger partial charge >= 0.3 is 0 Å². The molecule has 0 aliphatic rings. The molecule has 1 aromatic rings. The number of carbonyl (C=O) groups excluding carboxylic acids is 1. The fourth-order valence-corrected chi connectivity index (χ4v) is 1.81. The Bertz CT molecular complexity index is 474. The van der Waals surface area contributed by atoms with Gasteiger partial charge in [0.2, 0.25) is 0 Å². The zero-order valence-electron chi connectivity index (χ0n) is 12.9. The first-order valence-electron chi connectivity index (χ1n) is 7.04. The molecule has 116 valence electrons. The smallest absolute Gasteiger partial charge is 0.279 e. The van der Waals surface area contributed by atoms with Crippen molar-refractivity contribution >= 4 is 23.2 Å². The summed E-state index contributed by atoms with van der Waals surface area (Å²) in [5.41, 5.74) is 6.35. The van der Waals surface area contributed by atoms with Crippen molar-refractivity contribution in [1.82, 2.24) is 16.2 Å². The second-order valence-corrected chi connectivity index (χ2v) is 5.37. The number of ether oxygens (including phenoxy) is 1. The largest absolute Gasteiger partial charge is 0.481 e. The Hall–Kier alpha value is -1.82. The monoisotopic (exact) mass is 309 g/mol. The molecule has 0 aromatic heterocycles. The molecule has 6 heteroatoms. The summed E-state index contributed by atoms with van der Waals surface area (Å²) in [6.07, 6.45) is -0.619. The molecule has 0 spiro atoms.